The van der Waals surface area contributed by atoms with Gasteiger partial charge in [-0.05, 0) is 0 Å². The molecule has 0 amide bonds. The number of anilines is 9. The molecule has 13 aromatic rings. The Hall–Kier alpha value is -9.76. The molecule has 0 N–H and O–H groups in total. The van der Waals surface area contributed by atoms with E-state index in [2.05, 4.69) is 285 Å². The van der Waals surface area contributed by atoms with E-state index in [9.17, 15) is 5.26 Å². The monoisotopic (exact) mass is 1320 g/mol. The first-order valence-electron chi connectivity index (χ1n) is 29.8. The number of hydrogen-bond acceptors (Lipinski definition) is 4. The van der Waals surface area contributed by atoms with Crippen molar-refractivity contribution in [3.8, 4) is 6.07 Å². The summed E-state index contributed by atoms with van der Waals surface area (Å²) in [4.78, 5) is 5.79. The molecule has 3 aliphatic heterocycles. The van der Waals surface area contributed by atoms with Crippen molar-refractivity contribution >= 4 is 144 Å². The molecule has 0 unspecified atom stereocenters. The fourth-order valence-corrected chi connectivity index (χ4v) is 47.5. The van der Waals surface area contributed by atoms with Gasteiger partial charge in [0.25, 0.3) is 0 Å². The molecule has 3 heterocycles. The summed E-state index contributed by atoms with van der Waals surface area (Å²) < 4.78 is 54.8. The number of nitrogens with zero attached hydrogens (tertiary/aromatic N) is 4. The van der Waals surface area contributed by atoms with Gasteiger partial charge in [0, 0.05) is 0 Å². The van der Waals surface area contributed by atoms with Gasteiger partial charge in [0.05, 0.1) is 0 Å². The summed E-state index contributed by atoms with van der Waals surface area (Å²) in [5, 5.41) is 12.5. The van der Waals surface area contributed by atoms with E-state index >= 15 is 8.78 Å². The van der Waals surface area contributed by atoms with Crippen LogP contribution < -0.4 is 67.5 Å². The molecule has 0 aliphatic carbocycles. The zero-order chi connectivity index (χ0) is 59.0. The Morgan fingerprint density at radius 1 is 0.227 bits per heavy atom. The van der Waals surface area contributed by atoms with Crippen LogP contribution in [0.4, 0.5) is 60.0 Å². The van der Waals surface area contributed by atoms with E-state index < -0.39 is 51.4 Å². The maximum absolute atomic E-state index is 20.7. The number of rotatable bonds is 9. The number of benzene rings is 13. The number of hydrogen-bond donors (Lipinski definition) is 0. The van der Waals surface area contributed by atoms with Crippen molar-refractivity contribution < 1.29 is 8.78 Å². The molecular formula is C79H54F2Ge3N4. The number of halogens is 2. The molecule has 88 heavy (non-hydrogen) atoms. The molecule has 4 nitrogen and oxygen atoms in total. The molecule has 16 rings (SSSR count). The van der Waals surface area contributed by atoms with Gasteiger partial charge in [-0.2, -0.15) is 0 Å². The van der Waals surface area contributed by atoms with Crippen LogP contribution >= 0.6 is 0 Å². The van der Waals surface area contributed by atoms with Crippen LogP contribution in [0.1, 0.15) is 5.56 Å². The maximum atomic E-state index is 20.7. The Morgan fingerprint density at radius 2 is 0.398 bits per heavy atom. The van der Waals surface area contributed by atoms with Crippen LogP contribution in [0.3, 0.4) is 0 Å². The summed E-state index contributed by atoms with van der Waals surface area (Å²) in [5.74, 6) is -1.71. The van der Waals surface area contributed by atoms with Gasteiger partial charge < -0.3 is 0 Å². The third-order valence-electron chi connectivity index (χ3n) is 18.6. The molecule has 0 bridgehead atoms. The molecule has 9 heteroatoms. The first-order valence-corrected chi connectivity index (χ1v) is 42.4. The summed E-state index contributed by atoms with van der Waals surface area (Å²) in [6, 6.07) is 117. The molecule has 0 fully saturated rings. The minimum atomic E-state index is -4.12. The van der Waals surface area contributed by atoms with Gasteiger partial charge in [-0.15, -0.1) is 0 Å². The summed E-state index contributed by atoms with van der Waals surface area (Å²) in [7, 11) is 0. The van der Waals surface area contributed by atoms with Crippen molar-refractivity contribution in [2.75, 3.05) is 14.7 Å². The standard InChI is InChI=1S/C79H54F2Ge3N4/c80-75-77(86-69-49-25-19-43-63(69)82(56-31-7-1-8-32-56,57-33-9-2-10-34-57)64-44-20-26-50-70(64)86)62(55-85)78(87-71-51-27-21-45-65(71)83(58-35-11-3-12-36-58,59-37-13-4-14-38-59)66-46-22-28-52-72(66)87)76(81)79(75)88-73-53-29-23-47-67(73)84(60-39-15-5-16-40-60,61-41-17-6-18-42-61)68-48-24-30-54-74(68)88/h1-54H. The SMILES string of the molecule is N#Cc1c(N2c3cccc[c]3[Ge]([c]3ccccc3)([c]3ccccc3)[c]3ccccc32)c(F)c(N2c3cccc[c]3[Ge]([c]3ccccc3)([c]3ccccc3)[c]3ccccc32)c(F)c1N1c2cccc[c]2[Ge]([c]2ccccc2)([c]2ccccc2)[c]2ccccc21. The molecule has 0 saturated carbocycles. The molecule has 0 radical (unpaired) electrons. The summed E-state index contributed by atoms with van der Waals surface area (Å²) >= 11 is -12.3. The van der Waals surface area contributed by atoms with Crippen LogP contribution in [-0.4, -0.2) is 39.8 Å². The Balaban J connectivity index is 1.07. The van der Waals surface area contributed by atoms with E-state index in [0.717, 1.165) is 49.1 Å². The molecule has 0 spiro atoms. The Bertz CT molecular complexity index is 4400. The zero-order valence-electron chi connectivity index (χ0n) is 47.7. The van der Waals surface area contributed by atoms with Gasteiger partial charge >= 0.3 is 523 Å². The fourth-order valence-electron chi connectivity index (χ4n) is 15.3. The first kappa shape index (κ1) is 53.7. The van der Waals surface area contributed by atoms with E-state index in [1.165, 1.54) is 26.4 Å². The minimum absolute atomic E-state index is 0.0372. The van der Waals surface area contributed by atoms with Crippen LogP contribution in [-0.2, 0) is 0 Å². The average molecular weight is 1320 g/mol. The third-order valence-corrected chi connectivity index (χ3v) is 49.2. The first-order chi connectivity index (χ1) is 43.5. The van der Waals surface area contributed by atoms with E-state index in [-0.39, 0.29) is 22.6 Å². The topological polar surface area (TPSA) is 33.5 Å². The Kier molecular flexibility index (Phi) is 13.2. The van der Waals surface area contributed by atoms with E-state index in [1.807, 2.05) is 63.2 Å². The van der Waals surface area contributed by atoms with E-state index in [4.69, 9.17) is 0 Å². The van der Waals surface area contributed by atoms with Crippen molar-refractivity contribution in [3.05, 3.63) is 345 Å². The number of nitriles is 1. The average Bonchev–Trinajstić information content (AvgIpc) is 0.709. The number of fused-ring (bicyclic) bond motifs is 6. The molecule has 3 aliphatic rings. The normalized spacial score (nSPS) is 14.4. The van der Waals surface area contributed by atoms with Gasteiger partial charge in [0.2, 0.25) is 0 Å². The second kappa shape index (κ2) is 21.6. The quantitative estimate of drug-likeness (QED) is 0.135. The molecule has 0 aromatic heterocycles. The fraction of sp³-hybridized carbons (Fsp3) is 0. The predicted octanol–water partition coefficient (Wildman–Crippen LogP) is 11.3. The van der Waals surface area contributed by atoms with Gasteiger partial charge in [0.1, 0.15) is 0 Å². The predicted molar refractivity (Wildman–Crippen MR) is 367 cm³/mol. The van der Waals surface area contributed by atoms with E-state index in [0.29, 0.717) is 11.4 Å². The second-order valence-corrected chi connectivity index (χ2v) is 46.2. The summed E-state index contributed by atoms with van der Waals surface area (Å²) in [6.07, 6.45) is 0. The van der Waals surface area contributed by atoms with Gasteiger partial charge in [-0.25, -0.2) is 0 Å². The van der Waals surface area contributed by atoms with Crippen LogP contribution in [0.5, 0.6) is 0 Å². The van der Waals surface area contributed by atoms with Crippen molar-refractivity contribution in [3.63, 3.8) is 0 Å². The molecular weight excluding hydrogens is 1260 g/mol. The third kappa shape index (κ3) is 7.60. The van der Waals surface area contributed by atoms with Gasteiger partial charge in [-0.1, -0.05) is 0 Å². The zero-order valence-corrected chi connectivity index (χ0v) is 54.0. The van der Waals surface area contributed by atoms with Crippen molar-refractivity contribution in [2.45, 2.75) is 0 Å². The van der Waals surface area contributed by atoms with Crippen LogP contribution in [0.25, 0.3) is 0 Å². The molecule has 0 atom stereocenters. The van der Waals surface area contributed by atoms with Gasteiger partial charge in [-0.3, -0.25) is 0 Å². The Labute approximate surface area is 519 Å². The van der Waals surface area contributed by atoms with Crippen molar-refractivity contribution in [1.29, 1.82) is 5.26 Å². The Morgan fingerprint density at radius 3 is 0.591 bits per heavy atom. The summed E-state index contributed by atoms with van der Waals surface area (Å²) in [5.41, 5.74) is 3.80. The van der Waals surface area contributed by atoms with Crippen molar-refractivity contribution in [1.82, 2.24) is 0 Å². The summed E-state index contributed by atoms with van der Waals surface area (Å²) in [6.45, 7) is 0. The van der Waals surface area contributed by atoms with Crippen LogP contribution in [0, 0.1) is 23.0 Å². The molecule has 13 aromatic carbocycles. The van der Waals surface area contributed by atoms with Gasteiger partial charge in [0.15, 0.2) is 0 Å². The number of para-hydroxylation sites is 6. The molecule has 0 saturated heterocycles. The van der Waals surface area contributed by atoms with Crippen LogP contribution in [0.2, 0.25) is 0 Å². The molecule has 416 valence electrons. The second-order valence-electron chi connectivity index (χ2n) is 22.7. The van der Waals surface area contributed by atoms with Crippen molar-refractivity contribution in [2.24, 2.45) is 0 Å². The van der Waals surface area contributed by atoms with Crippen LogP contribution in [0.15, 0.2) is 328 Å². The van der Waals surface area contributed by atoms with E-state index in [1.54, 1.807) is 0 Å².